The van der Waals surface area contributed by atoms with E-state index in [2.05, 4.69) is 36.1 Å². The maximum Gasteiger partial charge on any atom is 0.338 e. The van der Waals surface area contributed by atoms with Gasteiger partial charge in [0, 0.05) is 55.8 Å². The van der Waals surface area contributed by atoms with Gasteiger partial charge in [-0.3, -0.25) is 24.5 Å². The smallest absolute Gasteiger partial charge is 0.338 e. The molecule has 4 atom stereocenters. The molecular weight excluding hydrogens is 564 g/mol. The van der Waals surface area contributed by atoms with Crippen molar-refractivity contribution >= 4 is 17.7 Å². The number of ether oxygens (including phenoxy) is 1. The lowest BCUT2D eigenvalue weighted by molar-refractivity contribution is -0.142. The number of esters is 1. The Kier molecular flexibility index (Phi) is 8.33. The fourth-order valence-electron chi connectivity index (χ4n) is 7.95. The number of nitrogens with zero attached hydrogens (tertiary/aromatic N) is 3. The van der Waals surface area contributed by atoms with Crippen molar-refractivity contribution in [1.29, 1.82) is 0 Å². The number of fused-ring (bicyclic) bond motifs is 2. The van der Waals surface area contributed by atoms with E-state index in [9.17, 15) is 14.4 Å². The Morgan fingerprint density at radius 2 is 1.51 bits per heavy atom. The molecule has 8 nitrogen and oxygen atoms in total. The summed E-state index contributed by atoms with van der Waals surface area (Å²) in [6, 6.07) is 14.2. The Hall–Kier alpha value is -4.33. The van der Waals surface area contributed by atoms with Crippen LogP contribution in [0.25, 0.3) is 0 Å². The lowest BCUT2D eigenvalue weighted by atomic mass is 9.43. The minimum absolute atomic E-state index is 0.0291. The highest BCUT2D eigenvalue weighted by Gasteiger charge is 2.57. The van der Waals surface area contributed by atoms with Crippen LogP contribution in [0.1, 0.15) is 72.4 Å². The third-order valence-electron chi connectivity index (χ3n) is 10.7. The van der Waals surface area contributed by atoms with Gasteiger partial charge >= 0.3 is 5.97 Å². The van der Waals surface area contributed by atoms with Crippen molar-refractivity contribution in [3.05, 3.63) is 107 Å². The highest BCUT2D eigenvalue weighted by Crippen LogP contribution is 2.63. The average Bonchev–Trinajstić information content (AvgIpc) is 3.27. The monoisotopic (exact) mass is 606 g/mol. The number of amides is 1. The van der Waals surface area contributed by atoms with Crippen molar-refractivity contribution < 1.29 is 19.1 Å². The Labute approximate surface area is 265 Å². The molecule has 0 radical (unpaired) electrons. The van der Waals surface area contributed by atoms with Crippen LogP contribution in [0.5, 0.6) is 0 Å². The van der Waals surface area contributed by atoms with Crippen LogP contribution >= 0.6 is 0 Å². The molecule has 1 aromatic carbocycles. The first-order valence-electron chi connectivity index (χ1n) is 16.0. The van der Waals surface area contributed by atoms with E-state index in [1.807, 2.05) is 29.2 Å². The van der Waals surface area contributed by atoms with Crippen molar-refractivity contribution in [2.75, 3.05) is 13.2 Å². The van der Waals surface area contributed by atoms with E-state index in [1.165, 1.54) is 6.42 Å². The van der Waals surface area contributed by atoms with Crippen LogP contribution in [-0.2, 0) is 22.4 Å². The van der Waals surface area contributed by atoms with Crippen molar-refractivity contribution in [3.63, 3.8) is 0 Å². The molecule has 3 aliphatic carbocycles. The lowest BCUT2D eigenvalue weighted by Crippen LogP contribution is -2.57. The highest BCUT2D eigenvalue weighted by molar-refractivity contribution is 6.06. The fourth-order valence-corrected chi connectivity index (χ4v) is 7.95. The molecular formula is C37H42N4O4. The predicted molar refractivity (Wildman–Crippen MR) is 171 cm³/mol. The van der Waals surface area contributed by atoms with E-state index in [0.717, 1.165) is 17.5 Å². The Bertz CT molecular complexity index is 1540. The number of pyridine rings is 2. The van der Waals surface area contributed by atoms with Gasteiger partial charge < -0.3 is 10.1 Å². The second-order valence-electron chi connectivity index (χ2n) is 13.6. The number of carbonyl (C=O) groups excluding carboxylic acids is 3. The summed E-state index contributed by atoms with van der Waals surface area (Å²) in [7, 11) is 0. The van der Waals surface area contributed by atoms with Crippen LogP contribution in [-0.4, -0.2) is 51.2 Å². The lowest BCUT2D eigenvalue weighted by Gasteiger charge is -2.62. The molecule has 3 saturated carbocycles. The molecule has 1 N–H and O–H groups in total. The van der Waals surface area contributed by atoms with Crippen LogP contribution < -0.4 is 5.32 Å². The summed E-state index contributed by atoms with van der Waals surface area (Å²) in [6.07, 6.45) is 11.7. The summed E-state index contributed by atoms with van der Waals surface area (Å²) in [5, 5.41) is 3.59. The molecule has 8 heteroatoms. The van der Waals surface area contributed by atoms with Crippen LogP contribution in [0.2, 0.25) is 0 Å². The number of nitrogens with one attached hydrogen (secondary N) is 1. The fraction of sp³-hybridized carbons (Fsp3) is 0.432. The van der Waals surface area contributed by atoms with Crippen LogP contribution in [0.4, 0.5) is 0 Å². The molecule has 45 heavy (non-hydrogen) atoms. The Morgan fingerprint density at radius 1 is 0.933 bits per heavy atom. The third-order valence-corrected chi connectivity index (χ3v) is 10.7. The first-order valence-corrected chi connectivity index (χ1v) is 16.0. The van der Waals surface area contributed by atoms with Crippen molar-refractivity contribution in [2.24, 2.45) is 29.1 Å². The van der Waals surface area contributed by atoms with Crippen LogP contribution in [0.3, 0.4) is 0 Å². The Balaban J connectivity index is 1.35. The molecule has 234 valence electrons. The van der Waals surface area contributed by atoms with Crippen molar-refractivity contribution in [2.45, 2.75) is 58.9 Å². The van der Waals surface area contributed by atoms with E-state index in [-0.39, 0.29) is 18.3 Å². The average molecular weight is 607 g/mol. The number of rotatable bonds is 10. The van der Waals surface area contributed by atoms with Crippen molar-refractivity contribution in [3.8, 4) is 0 Å². The minimum atomic E-state index is -0.997. The molecule has 0 spiro atoms. The first-order chi connectivity index (χ1) is 21.6. The van der Waals surface area contributed by atoms with E-state index >= 15 is 0 Å². The summed E-state index contributed by atoms with van der Waals surface area (Å²) in [4.78, 5) is 50.8. The highest BCUT2D eigenvalue weighted by atomic mass is 16.5. The molecule has 1 amide bonds. The van der Waals surface area contributed by atoms with E-state index in [1.54, 1.807) is 62.1 Å². The summed E-state index contributed by atoms with van der Waals surface area (Å²) < 4.78 is 5.09. The van der Waals surface area contributed by atoms with Gasteiger partial charge in [-0.2, -0.15) is 0 Å². The maximum atomic E-state index is 14.8. The zero-order valence-electron chi connectivity index (χ0n) is 26.5. The predicted octanol–water partition coefficient (Wildman–Crippen LogP) is 5.65. The van der Waals surface area contributed by atoms with Gasteiger partial charge in [-0.15, -0.1) is 0 Å². The number of benzene rings is 1. The SMILES string of the molecule is CCOC(=O)c1ccc(C(=O)/C=C2\NC(Cc3ccncc3)(Cc3ccncc3)C(=O)N2CC2CC3CC(C2C)C3(C)C)cc1. The van der Waals surface area contributed by atoms with Gasteiger partial charge in [-0.25, -0.2) is 4.79 Å². The number of carbonyl (C=O) groups is 3. The maximum absolute atomic E-state index is 14.8. The second kappa shape index (κ2) is 12.2. The van der Waals surface area contributed by atoms with Gasteiger partial charge in [0.1, 0.15) is 11.4 Å². The minimum Gasteiger partial charge on any atom is -0.462 e. The first kappa shape index (κ1) is 30.7. The van der Waals surface area contributed by atoms with Crippen LogP contribution in [0.15, 0.2) is 85.2 Å². The molecule has 4 fully saturated rings. The summed E-state index contributed by atoms with van der Waals surface area (Å²) in [6.45, 7) is 9.69. The molecule has 1 aliphatic heterocycles. The molecule has 2 bridgehead atoms. The normalized spacial score (nSPS) is 25.4. The van der Waals surface area contributed by atoms with Gasteiger partial charge in [-0.1, -0.05) is 32.9 Å². The zero-order valence-corrected chi connectivity index (χ0v) is 26.5. The standard InChI is InChI=1S/C37H42N4O4/c1-5-45-34(43)28-8-6-27(7-9-28)32(42)20-33-40-37(21-25-10-14-38-15-11-25,22-26-12-16-39-17-13-26)35(44)41(33)23-29-18-30-19-31(24(29)2)36(30,3)4/h6-17,20,24,29-31,40H,5,18-19,21-23H2,1-4H3/b33-20+. The quantitative estimate of drug-likeness (QED) is 0.181. The molecule has 4 aliphatic rings. The number of hydrogen-bond acceptors (Lipinski definition) is 7. The number of aromatic nitrogens is 2. The number of ketones is 1. The van der Waals surface area contributed by atoms with Gasteiger partial charge in [0.05, 0.1) is 12.2 Å². The third kappa shape index (κ3) is 5.90. The molecule has 1 saturated heterocycles. The largest absolute Gasteiger partial charge is 0.462 e. The van der Waals surface area contributed by atoms with Crippen LogP contribution in [0, 0.1) is 29.1 Å². The van der Waals surface area contributed by atoms with Gasteiger partial charge in [-0.05, 0) is 96.4 Å². The van der Waals surface area contributed by atoms with E-state index < -0.39 is 11.5 Å². The van der Waals surface area contributed by atoms with E-state index in [4.69, 9.17) is 4.74 Å². The number of allylic oxidation sites excluding steroid dienone is 1. The van der Waals surface area contributed by atoms with Crippen molar-refractivity contribution in [1.82, 2.24) is 20.2 Å². The Morgan fingerprint density at radius 3 is 2.04 bits per heavy atom. The summed E-state index contributed by atoms with van der Waals surface area (Å²) >= 11 is 0. The van der Waals surface area contributed by atoms with Gasteiger partial charge in [0.2, 0.25) is 0 Å². The zero-order chi connectivity index (χ0) is 31.8. The van der Waals surface area contributed by atoms with E-state index in [0.29, 0.717) is 65.4 Å². The molecule has 4 unspecified atom stereocenters. The molecule has 7 rings (SSSR count). The number of hydrogen-bond donors (Lipinski definition) is 1. The molecule has 3 aromatic rings. The topological polar surface area (TPSA) is 101 Å². The second-order valence-corrected chi connectivity index (χ2v) is 13.6. The summed E-state index contributed by atoms with van der Waals surface area (Å²) in [5.41, 5.74) is 2.12. The molecule has 3 heterocycles. The van der Waals surface area contributed by atoms with Gasteiger partial charge in [0.25, 0.3) is 5.91 Å². The molecule has 2 aromatic heterocycles. The van der Waals surface area contributed by atoms with Gasteiger partial charge in [0.15, 0.2) is 5.78 Å². The summed E-state index contributed by atoms with van der Waals surface area (Å²) in [5.74, 6) is 1.93.